The van der Waals surface area contributed by atoms with Gasteiger partial charge in [-0.3, -0.25) is 9.88 Å². The zero-order chi connectivity index (χ0) is 35.7. The number of likely N-dealkylation sites (tertiary alicyclic amines) is 1. The SMILES string of the molecule is CC.CCN1CCCC1(CC)COc1nc(N2CC=[N+](C(=O)C(F)(F)F)CC2)c2cnc(-c3cc(O)cc4ccc(F)c(Cl)c34)c(F)c2n1. The van der Waals surface area contributed by atoms with Crippen molar-refractivity contribution in [1.29, 1.82) is 0 Å². The molecule has 0 bridgehead atoms. The molecule has 2 aromatic heterocycles. The number of carbonyl (C=O) groups is 1. The maximum Gasteiger partial charge on any atom is 0.521 e. The summed E-state index contributed by atoms with van der Waals surface area (Å²) in [6.45, 7) is 9.56. The monoisotopic (exact) mass is 707 g/mol. The summed E-state index contributed by atoms with van der Waals surface area (Å²) < 4.78 is 77.2. The lowest BCUT2D eigenvalue weighted by Crippen LogP contribution is -2.48. The molecule has 1 saturated heterocycles. The molecule has 262 valence electrons. The Bertz CT molecular complexity index is 1920. The Labute approximate surface area is 285 Å². The van der Waals surface area contributed by atoms with Gasteiger partial charge in [0.05, 0.1) is 29.0 Å². The van der Waals surface area contributed by atoms with Gasteiger partial charge < -0.3 is 14.7 Å². The van der Waals surface area contributed by atoms with Crippen LogP contribution in [0.25, 0.3) is 32.9 Å². The zero-order valence-electron chi connectivity index (χ0n) is 27.5. The van der Waals surface area contributed by atoms with Crippen LogP contribution in [0.1, 0.15) is 47.0 Å². The summed E-state index contributed by atoms with van der Waals surface area (Å²) in [5.74, 6) is -3.74. The number of amides is 1. The van der Waals surface area contributed by atoms with E-state index in [4.69, 9.17) is 16.3 Å². The minimum Gasteiger partial charge on any atom is -0.508 e. The van der Waals surface area contributed by atoms with E-state index in [-0.39, 0.29) is 81.9 Å². The van der Waals surface area contributed by atoms with Gasteiger partial charge in [0.2, 0.25) is 0 Å². The summed E-state index contributed by atoms with van der Waals surface area (Å²) in [6.07, 6.45) is 0.0182. The predicted molar refractivity (Wildman–Crippen MR) is 178 cm³/mol. The van der Waals surface area contributed by atoms with Crippen LogP contribution in [-0.2, 0) is 4.79 Å². The van der Waals surface area contributed by atoms with Gasteiger partial charge in [0.15, 0.2) is 18.6 Å². The van der Waals surface area contributed by atoms with E-state index in [0.29, 0.717) is 9.96 Å². The number of phenols is 1. The van der Waals surface area contributed by atoms with Gasteiger partial charge in [0.1, 0.15) is 35.2 Å². The number of nitrogens with zero attached hydrogens (tertiary/aromatic N) is 6. The largest absolute Gasteiger partial charge is 0.521 e. The fourth-order valence-electron chi connectivity index (χ4n) is 6.58. The normalized spacial score (nSPS) is 18.4. The number of fused-ring (bicyclic) bond motifs is 2. The van der Waals surface area contributed by atoms with E-state index in [1.54, 1.807) is 4.90 Å². The van der Waals surface area contributed by atoms with E-state index in [9.17, 15) is 27.5 Å². The third-order valence-electron chi connectivity index (χ3n) is 9.08. The number of phenolic OH excluding ortho intramolecular Hbond substituents is 1. The number of aromatic nitrogens is 3. The first-order valence-electron chi connectivity index (χ1n) is 16.2. The maximum atomic E-state index is 16.6. The lowest BCUT2D eigenvalue weighted by molar-refractivity contribution is -0.465. The number of hydrogen-bond donors (Lipinski definition) is 1. The van der Waals surface area contributed by atoms with Crippen molar-refractivity contribution in [2.75, 3.05) is 44.2 Å². The van der Waals surface area contributed by atoms with Crippen LogP contribution in [0, 0.1) is 11.6 Å². The van der Waals surface area contributed by atoms with Crippen molar-refractivity contribution in [2.24, 2.45) is 0 Å². The van der Waals surface area contributed by atoms with Crippen molar-refractivity contribution in [2.45, 2.75) is 58.7 Å². The summed E-state index contributed by atoms with van der Waals surface area (Å²) in [5.41, 5.74) is -0.745. The molecule has 6 rings (SSSR count). The highest BCUT2D eigenvalue weighted by atomic mass is 35.5. The Morgan fingerprint density at radius 2 is 1.90 bits per heavy atom. The van der Waals surface area contributed by atoms with Crippen LogP contribution < -0.4 is 9.64 Å². The van der Waals surface area contributed by atoms with Crippen LogP contribution in [0.4, 0.5) is 27.8 Å². The van der Waals surface area contributed by atoms with Crippen LogP contribution in [0.15, 0.2) is 30.5 Å². The van der Waals surface area contributed by atoms with E-state index < -0.39 is 23.7 Å². The molecule has 0 radical (unpaired) electrons. The summed E-state index contributed by atoms with van der Waals surface area (Å²) in [7, 11) is 0. The molecule has 0 spiro atoms. The maximum absolute atomic E-state index is 16.6. The third kappa shape index (κ3) is 6.85. The standard InChI is InChI=1S/C32H30ClF5N6O3.C2H6/c1-3-31(8-5-9-44(31)4-2)17-47-30-40-27-21(28(41-30)42-10-12-43(13-11-42)29(46)32(36,37)38)16-39-26(25(27)35)20-15-19(45)14-18-6-7-22(34)24(33)23(18)20;1-2/h6-7,12,14-16H,3-5,8-11,13,17H2,1-2H3;1-2H3/p+1. The highest BCUT2D eigenvalue weighted by molar-refractivity contribution is 6.37. The number of alkyl halides is 3. The Hall–Kier alpha value is -4.17. The molecule has 1 N–H and O–H groups in total. The van der Waals surface area contributed by atoms with Crippen molar-refractivity contribution in [3.8, 4) is 23.0 Å². The molecule has 1 unspecified atom stereocenters. The van der Waals surface area contributed by atoms with Crippen molar-refractivity contribution >= 4 is 51.2 Å². The van der Waals surface area contributed by atoms with Gasteiger partial charge in [-0.2, -0.15) is 27.7 Å². The number of pyridine rings is 1. The van der Waals surface area contributed by atoms with Gasteiger partial charge >= 0.3 is 18.1 Å². The second kappa shape index (κ2) is 14.4. The van der Waals surface area contributed by atoms with Crippen molar-refractivity contribution in [3.63, 3.8) is 0 Å². The summed E-state index contributed by atoms with van der Waals surface area (Å²) in [4.78, 5) is 29.0. The number of benzene rings is 2. The van der Waals surface area contributed by atoms with E-state index >= 15 is 4.39 Å². The number of anilines is 1. The number of carbonyl (C=O) groups excluding carboxylic acids is 1. The van der Waals surface area contributed by atoms with Crippen LogP contribution >= 0.6 is 11.6 Å². The Morgan fingerprint density at radius 1 is 1.14 bits per heavy atom. The van der Waals surface area contributed by atoms with Gasteiger partial charge in [-0.25, -0.2) is 13.6 Å². The molecule has 2 aliphatic rings. The number of hydrogen-bond acceptors (Lipinski definition) is 8. The smallest absolute Gasteiger partial charge is 0.508 e. The number of ether oxygens (including phenoxy) is 1. The quantitative estimate of drug-likeness (QED) is 0.160. The first-order valence-corrected chi connectivity index (χ1v) is 16.6. The molecule has 1 amide bonds. The molecule has 1 fully saturated rings. The van der Waals surface area contributed by atoms with Gasteiger partial charge in [0.25, 0.3) is 0 Å². The molecule has 15 heteroatoms. The number of likely N-dealkylation sites (N-methyl/N-ethyl adjacent to an activating group) is 1. The van der Waals surface area contributed by atoms with Crippen LogP contribution in [0.5, 0.6) is 11.8 Å². The summed E-state index contributed by atoms with van der Waals surface area (Å²) in [6, 6.07) is 4.96. The fourth-order valence-corrected chi connectivity index (χ4v) is 6.86. The van der Waals surface area contributed by atoms with E-state index in [1.165, 1.54) is 24.4 Å². The van der Waals surface area contributed by atoms with Crippen LogP contribution in [0.3, 0.4) is 0 Å². The second-order valence-corrected chi connectivity index (χ2v) is 12.0. The molecule has 1 atom stereocenters. The predicted octanol–water partition coefficient (Wildman–Crippen LogP) is 7.14. The lowest BCUT2D eigenvalue weighted by atomic mass is 9.94. The topological polar surface area (TPSA) is 94.7 Å². The first-order chi connectivity index (χ1) is 23.4. The van der Waals surface area contributed by atoms with E-state index in [2.05, 4.69) is 33.7 Å². The molecule has 49 heavy (non-hydrogen) atoms. The van der Waals surface area contributed by atoms with Gasteiger partial charge in [0, 0.05) is 17.1 Å². The number of aromatic hydroxyl groups is 1. The third-order valence-corrected chi connectivity index (χ3v) is 9.45. The van der Waals surface area contributed by atoms with E-state index in [0.717, 1.165) is 44.6 Å². The first kappa shape index (κ1) is 36.1. The Morgan fingerprint density at radius 3 is 2.55 bits per heavy atom. The average molecular weight is 708 g/mol. The van der Waals surface area contributed by atoms with Crippen LogP contribution in [-0.4, -0.2) is 92.7 Å². The van der Waals surface area contributed by atoms with Gasteiger partial charge in [-0.15, -0.1) is 0 Å². The molecule has 4 heterocycles. The Kier molecular flexibility index (Phi) is 10.6. The molecule has 0 saturated carbocycles. The van der Waals surface area contributed by atoms with Crippen molar-refractivity contribution in [1.82, 2.24) is 19.9 Å². The van der Waals surface area contributed by atoms with Crippen molar-refractivity contribution < 1.29 is 41.2 Å². The average Bonchev–Trinajstić information content (AvgIpc) is 3.52. The summed E-state index contributed by atoms with van der Waals surface area (Å²) >= 11 is 6.31. The molecule has 2 aliphatic heterocycles. The van der Waals surface area contributed by atoms with Gasteiger partial charge in [-0.1, -0.05) is 45.4 Å². The zero-order valence-corrected chi connectivity index (χ0v) is 28.3. The fraction of sp³-hybridized carbons (Fsp3) is 0.441. The highest BCUT2D eigenvalue weighted by Crippen LogP contribution is 2.40. The minimum absolute atomic E-state index is 0.0219. The molecule has 9 nitrogen and oxygen atoms in total. The lowest BCUT2D eigenvalue weighted by Gasteiger charge is -2.36. The highest BCUT2D eigenvalue weighted by Gasteiger charge is 2.49. The summed E-state index contributed by atoms with van der Waals surface area (Å²) in [5, 5.41) is 10.8. The second-order valence-electron chi connectivity index (χ2n) is 11.6. The van der Waals surface area contributed by atoms with Crippen molar-refractivity contribution in [3.05, 3.63) is 47.1 Å². The number of rotatable bonds is 7. The van der Waals surface area contributed by atoms with E-state index in [1.807, 2.05) is 13.8 Å². The Balaban J connectivity index is 0.00000230. The molecule has 4 aromatic rings. The van der Waals surface area contributed by atoms with Crippen LogP contribution in [0.2, 0.25) is 5.02 Å². The molecule has 0 aliphatic carbocycles. The van der Waals surface area contributed by atoms with Gasteiger partial charge in [-0.05, 0) is 55.9 Å². The minimum atomic E-state index is -5.03. The molecular weight excluding hydrogens is 671 g/mol. The molecule has 2 aromatic carbocycles. The number of halogens is 6. The molecular formula is C34H37ClF5N6O3+.